The summed E-state index contributed by atoms with van der Waals surface area (Å²) in [6.45, 7) is 8.80. The lowest BCUT2D eigenvalue weighted by Crippen LogP contribution is -2.36. The summed E-state index contributed by atoms with van der Waals surface area (Å²) < 4.78 is 31.3. The van der Waals surface area contributed by atoms with E-state index in [9.17, 15) is 8.42 Å². The number of sulfonamides is 1. The van der Waals surface area contributed by atoms with Crippen molar-refractivity contribution in [3.05, 3.63) is 51.7 Å². The Morgan fingerprint density at radius 3 is 2.47 bits per heavy atom. The van der Waals surface area contributed by atoms with Crippen LogP contribution in [0.25, 0.3) is 10.2 Å². The molecule has 2 aromatic heterocycles. The van der Waals surface area contributed by atoms with Crippen LogP contribution < -0.4 is 10.0 Å². The first kappa shape index (κ1) is 23.1. The van der Waals surface area contributed by atoms with Crippen LogP contribution in [0.2, 0.25) is 0 Å². The van der Waals surface area contributed by atoms with E-state index < -0.39 is 10.0 Å². The van der Waals surface area contributed by atoms with E-state index in [1.807, 2.05) is 24.3 Å². The van der Waals surface area contributed by atoms with Gasteiger partial charge in [-0.05, 0) is 37.6 Å². The number of hydrogen-bond acceptors (Lipinski definition) is 8. The third kappa shape index (κ3) is 5.44. The molecule has 0 amide bonds. The summed E-state index contributed by atoms with van der Waals surface area (Å²) in [5.41, 5.74) is 3.02. The monoisotopic (exact) mass is 475 g/mol. The second-order valence-corrected chi connectivity index (χ2v) is 11.1. The van der Waals surface area contributed by atoms with E-state index in [1.165, 1.54) is 17.5 Å². The molecule has 1 aromatic carbocycles. The molecule has 172 valence electrons. The molecular weight excluding hydrogens is 446 g/mol. The molecule has 3 aromatic rings. The van der Waals surface area contributed by atoms with E-state index in [0.29, 0.717) is 13.1 Å². The van der Waals surface area contributed by atoms with Gasteiger partial charge in [-0.25, -0.2) is 23.1 Å². The molecule has 1 aliphatic heterocycles. The quantitative estimate of drug-likeness (QED) is 0.517. The Bertz CT molecular complexity index is 1190. The first-order valence-corrected chi connectivity index (χ1v) is 13.1. The summed E-state index contributed by atoms with van der Waals surface area (Å²) in [6, 6.07) is 7.61. The van der Waals surface area contributed by atoms with Crippen molar-refractivity contribution in [1.29, 1.82) is 0 Å². The van der Waals surface area contributed by atoms with Crippen LogP contribution >= 0.6 is 11.3 Å². The smallest absolute Gasteiger partial charge is 0.215 e. The lowest BCUT2D eigenvalue weighted by molar-refractivity contribution is 0.0331. The predicted octanol–water partition coefficient (Wildman–Crippen LogP) is 2.80. The molecule has 4 rings (SSSR count). The van der Waals surface area contributed by atoms with Crippen molar-refractivity contribution in [3.8, 4) is 0 Å². The number of thiophene rings is 1. The van der Waals surface area contributed by atoms with Crippen LogP contribution in [0.3, 0.4) is 0 Å². The largest absolute Gasteiger partial charge is 0.379 e. The summed E-state index contributed by atoms with van der Waals surface area (Å²) >= 11 is 1.70. The van der Waals surface area contributed by atoms with E-state index in [-0.39, 0.29) is 5.75 Å². The van der Waals surface area contributed by atoms with Crippen molar-refractivity contribution in [2.75, 3.05) is 38.7 Å². The zero-order valence-corrected chi connectivity index (χ0v) is 20.3. The molecule has 0 aliphatic carbocycles. The summed E-state index contributed by atoms with van der Waals surface area (Å²) in [4.78, 5) is 14.3. The number of benzene rings is 1. The zero-order valence-electron chi connectivity index (χ0n) is 18.6. The number of morpholine rings is 1. The Labute approximate surface area is 193 Å². The molecule has 32 heavy (non-hydrogen) atoms. The lowest BCUT2D eigenvalue weighted by Gasteiger charge is -2.25. The van der Waals surface area contributed by atoms with Gasteiger partial charge in [0.2, 0.25) is 10.0 Å². The van der Waals surface area contributed by atoms with E-state index in [1.54, 1.807) is 11.3 Å². The van der Waals surface area contributed by atoms with Crippen molar-refractivity contribution in [3.63, 3.8) is 0 Å². The van der Waals surface area contributed by atoms with E-state index in [4.69, 9.17) is 14.7 Å². The number of nitrogens with one attached hydrogen (secondary N) is 2. The van der Waals surface area contributed by atoms with Crippen molar-refractivity contribution in [1.82, 2.24) is 19.6 Å². The third-order valence-corrected chi connectivity index (χ3v) is 8.13. The number of hydrogen-bond donors (Lipinski definition) is 2. The normalized spacial score (nSPS) is 15.3. The molecule has 1 aliphatic rings. The maximum Gasteiger partial charge on any atom is 0.215 e. The molecule has 0 unspecified atom stereocenters. The number of rotatable bonds is 8. The highest BCUT2D eigenvalue weighted by Gasteiger charge is 2.18. The fourth-order valence-corrected chi connectivity index (χ4v) is 5.51. The van der Waals surface area contributed by atoms with Gasteiger partial charge in [-0.2, -0.15) is 0 Å². The second-order valence-electron chi connectivity index (χ2n) is 7.97. The predicted molar refractivity (Wildman–Crippen MR) is 128 cm³/mol. The second kappa shape index (κ2) is 9.80. The van der Waals surface area contributed by atoms with Gasteiger partial charge in [0, 0.05) is 24.5 Å². The van der Waals surface area contributed by atoms with Crippen LogP contribution in [-0.4, -0.2) is 56.6 Å². The lowest BCUT2D eigenvalue weighted by atomic mass is 10.1. The fourth-order valence-electron chi connectivity index (χ4n) is 3.68. The van der Waals surface area contributed by atoms with Crippen molar-refractivity contribution in [2.24, 2.45) is 0 Å². The highest BCUT2D eigenvalue weighted by atomic mass is 32.2. The highest BCUT2D eigenvalue weighted by Crippen LogP contribution is 2.33. The van der Waals surface area contributed by atoms with E-state index >= 15 is 0 Å². The molecule has 2 N–H and O–H groups in total. The number of nitrogens with zero attached hydrogens (tertiary/aromatic N) is 3. The van der Waals surface area contributed by atoms with Crippen molar-refractivity contribution < 1.29 is 13.2 Å². The topological polar surface area (TPSA) is 96.5 Å². The number of fused-ring (bicyclic) bond motifs is 1. The average Bonchev–Trinajstić information content (AvgIpc) is 3.07. The molecule has 10 heteroatoms. The molecule has 1 fully saturated rings. The van der Waals surface area contributed by atoms with Crippen LogP contribution in [0.4, 0.5) is 5.82 Å². The molecule has 0 spiro atoms. The summed E-state index contributed by atoms with van der Waals surface area (Å²) in [7, 11) is -1.85. The zero-order chi connectivity index (χ0) is 22.7. The molecule has 8 nitrogen and oxygen atoms in total. The Kier molecular flexibility index (Phi) is 7.06. The Hall–Kier alpha value is -2.11. The minimum atomic E-state index is -3.28. The minimum absolute atomic E-state index is 0.0258. The highest BCUT2D eigenvalue weighted by molar-refractivity contribution is 7.88. The molecule has 3 heterocycles. The first-order valence-electron chi connectivity index (χ1n) is 10.6. The molecule has 0 radical (unpaired) electrons. The van der Waals surface area contributed by atoms with Gasteiger partial charge in [-0.15, -0.1) is 11.3 Å². The minimum Gasteiger partial charge on any atom is -0.379 e. The summed E-state index contributed by atoms with van der Waals surface area (Å²) in [6.07, 6.45) is 0. The Balaban J connectivity index is 1.53. The van der Waals surface area contributed by atoms with E-state index in [0.717, 1.165) is 59.3 Å². The molecule has 0 atom stereocenters. The van der Waals surface area contributed by atoms with Crippen molar-refractivity contribution in [2.45, 2.75) is 32.7 Å². The maximum atomic E-state index is 11.8. The van der Waals surface area contributed by atoms with Crippen LogP contribution in [0, 0.1) is 13.8 Å². The molecule has 0 bridgehead atoms. The van der Waals surface area contributed by atoms with E-state index in [2.05, 4.69) is 28.8 Å². The maximum absolute atomic E-state index is 11.8. The SMILES string of the molecule is CNS(=O)(=O)Cc1ccc(CNc2nc(CN3CCOCC3)nc3sc(C)c(C)c23)cc1. The molecular formula is C22H29N5O3S2. The standard InChI is InChI=1S/C22H29N5O3S2/c1-15-16(2)31-22-20(15)21(25-19(26-22)13-27-8-10-30-11-9-27)24-12-17-4-6-18(7-5-17)14-32(28,29)23-3/h4-7,23H,8-14H2,1-3H3,(H,24,25,26). The third-order valence-electron chi connectivity index (χ3n) is 5.69. The number of anilines is 1. The molecule has 0 saturated carbocycles. The fraction of sp³-hybridized carbons (Fsp3) is 0.455. The van der Waals surface area contributed by atoms with Gasteiger partial charge in [-0.3, -0.25) is 4.90 Å². The van der Waals surface area contributed by atoms with Gasteiger partial charge >= 0.3 is 0 Å². The summed E-state index contributed by atoms with van der Waals surface area (Å²) in [5.74, 6) is 1.64. The van der Waals surface area contributed by atoms with Gasteiger partial charge in [0.05, 0.1) is 30.9 Å². The van der Waals surface area contributed by atoms with Gasteiger partial charge in [0.1, 0.15) is 16.5 Å². The van der Waals surface area contributed by atoms with Crippen LogP contribution in [0.1, 0.15) is 27.4 Å². The first-order chi connectivity index (χ1) is 15.3. The van der Waals surface area contributed by atoms with Crippen LogP contribution in [0.5, 0.6) is 0 Å². The number of aromatic nitrogens is 2. The van der Waals surface area contributed by atoms with Crippen molar-refractivity contribution >= 4 is 37.4 Å². The van der Waals surface area contributed by atoms with Crippen LogP contribution in [0.15, 0.2) is 24.3 Å². The number of ether oxygens (including phenoxy) is 1. The van der Waals surface area contributed by atoms with Crippen LogP contribution in [-0.2, 0) is 33.6 Å². The van der Waals surface area contributed by atoms with Gasteiger partial charge in [0.15, 0.2) is 0 Å². The number of aryl methyl sites for hydroxylation is 2. The Morgan fingerprint density at radius 1 is 1.09 bits per heavy atom. The van der Waals surface area contributed by atoms with Gasteiger partial charge in [0.25, 0.3) is 0 Å². The Morgan fingerprint density at radius 2 is 1.78 bits per heavy atom. The average molecular weight is 476 g/mol. The summed E-state index contributed by atoms with van der Waals surface area (Å²) in [5, 5.41) is 4.58. The van der Waals surface area contributed by atoms with Gasteiger partial charge < -0.3 is 10.1 Å². The molecule has 1 saturated heterocycles. The van der Waals surface area contributed by atoms with Gasteiger partial charge in [-0.1, -0.05) is 24.3 Å².